The highest BCUT2D eigenvalue weighted by Crippen LogP contribution is 1.99. The molecule has 2 N–H and O–H groups in total. The predicted octanol–water partition coefficient (Wildman–Crippen LogP) is 0.925. The van der Waals surface area contributed by atoms with Crippen LogP contribution in [0.25, 0.3) is 0 Å². The van der Waals surface area contributed by atoms with Crippen LogP contribution < -0.4 is 5.32 Å². The molecular formula is C9H16N2O2. The highest BCUT2D eigenvalue weighted by atomic mass is 16.3. The van der Waals surface area contributed by atoms with Crippen LogP contribution >= 0.6 is 0 Å². The quantitative estimate of drug-likeness (QED) is 0.690. The topological polar surface area (TPSA) is 58.3 Å². The van der Waals surface area contributed by atoms with Gasteiger partial charge in [-0.1, -0.05) is 0 Å². The number of rotatable bonds is 6. The predicted molar refractivity (Wildman–Crippen MR) is 49.1 cm³/mol. The van der Waals surface area contributed by atoms with Gasteiger partial charge in [0.15, 0.2) is 6.39 Å². The van der Waals surface area contributed by atoms with Gasteiger partial charge in [0.1, 0.15) is 5.76 Å². The summed E-state index contributed by atoms with van der Waals surface area (Å²) in [6, 6.07) is 0.400. The number of nitrogens with one attached hydrogen (secondary N) is 1. The van der Waals surface area contributed by atoms with Crippen LogP contribution in [0.4, 0.5) is 0 Å². The van der Waals surface area contributed by atoms with E-state index < -0.39 is 0 Å². The monoisotopic (exact) mass is 184 g/mol. The summed E-state index contributed by atoms with van der Waals surface area (Å²) in [6.45, 7) is 3.05. The fourth-order valence-corrected chi connectivity index (χ4v) is 1.10. The van der Waals surface area contributed by atoms with Gasteiger partial charge >= 0.3 is 0 Å². The van der Waals surface area contributed by atoms with Crippen LogP contribution in [-0.2, 0) is 6.54 Å². The van der Waals surface area contributed by atoms with Crippen LogP contribution in [0.5, 0.6) is 0 Å². The number of oxazole rings is 1. The first-order valence-electron chi connectivity index (χ1n) is 4.54. The summed E-state index contributed by atoms with van der Waals surface area (Å²) >= 11 is 0. The molecule has 0 spiro atoms. The van der Waals surface area contributed by atoms with Gasteiger partial charge in [-0.05, 0) is 19.8 Å². The summed E-state index contributed by atoms with van der Waals surface area (Å²) in [4.78, 5) is 3.82. The minimum Gasteiger partial charge on any atom is -0.447 e. The molecule has 0 saturated carbocycles. The lowest BCUT2D eigenvalue weighted by atomic mass is 10.2. The Morgan fingerprint density at radius 1 is 1.69 bits per heavy atom. The zero-order chi connectivity index (χ0) is 9.52. The van der Waals surface area contributed by atoms with E-state index in [1.807, 2.05) is 0 Å². The van der Waals surface area contributed by atoms with Gasteiger partial charge < -0.3 is 14.8 Å². The molecule has 1 aromatic rings. The minimum atomic E-state index is 0.258. The molecule has 0 saturated heterocycles. The highest BCUT2D eigenvalue weighted by Gasteiger charge is 2.02. The van der Waals surface area contributed by atoms with Crippen molar-refractivity contribution in [1.29, 1.82) is 0 Å². The molecule has 0 amide bonds. The van der Waals surface area contributed by atoms with Gasteiger partial charge in [0.2, 0.25) is 0 Å². The van der Waals surface area contributed by atoms with E-state index in [9.17, 15) is 0 Å². The zero-order valence-corrected chi connectivity index (χ0v) is 7.86. The second-order valence-corrected chi connectivity index (χ2v) is 3.12. The molecule has 1 atom stereocenters. The average Bonchev–Trinajstić information content (AvgIpc) is 2.64. The first-order chi connectivity index (χ1) is 6.33. The Morgan fingerprint density at radius 3 is 3.15 bits per heavy atom. The zero-order valence-electron chi connectivity index (χ0n) is 7.86. The summed E-state index contributed by atoms with van der Waals surface area (Å²) in [5.74, 6) is 0.843. The van der Waals surface area contributed by atoms with Gasteiger partial charge in [-0.25, -0.2) is 4.98 Å². The van der Waals surface area contributed by atoms with Gasteiger partial charge in [0.05, 0.1) is 12.7 Å². The molecular weight excluding hydrogens is 168 g/mol. The molecule has 74 valence electrons. The number of aliphatic hydroxyl groups is 1. The number of nitrogens with zero attached hydrogens (tertiary/aromatic N) is 1. The molecule has 1 rings (SSSR count). The molecule has 0 radical (unpaired) electrons. The molecule has 4 nitrogen and oxygen atoms in total. The molecule has 13 heavy (non-hydrogen) atoms. The van der Waals surface area contributed by atoms with E-state index in [-0.39, 0.29) is 6.61 Å². The first-order valence-corrected chi connectivity index (χ1v) is 4.54. The molecule has 0 fully saturated rings. The molecule has 1 aromatic heterocycles. The van der Waals surface area contributed by atoms with Crippen LogP contribution in [0.1, 0.15) is 25.5 Å². The summed E-state index contributed by atoms with van der Waals surface area (Å²) in [5.41, 5.74) is 0. The number of hydrogen-bond acceptors (Lipinski definition) is 4. The molecule has 1 heterocycles. The maximum absolute atomic E-state index is 8.61. The Balaban J connectivity index is 2.11. The molecule has 4 heteroatoms. The summed E-state index contributed by atoms with van der Waals surface area (Å²) in [6.07, 6.45) is 4.94. The van der Waals surface area contributed by atoms with E-state index in [0.29, 0.717) is 12.6 Å². The summed E-state index contributed by atoms with van der Waals surface area (Å²) < 4.78 is 5.07. The maximum Gasteiger partial charge on any atom is 0.180 e. The van der Waals surface area contributed by atoms with Gasteiger partial charge in [-0.2, -0.15) is 0 Å². The van der Waals surface area contributed by atoms with Crippen molar-refractivity contribution in [2.75, 3.05) is 6.61 Å². The molecule has 0 aromatic carbocycles. The van der Waals surface area contributed by atoms with Crippen molar-refractivity contribution in [1.82, 2.24) is 10.3 Å². The fourth-order valence-electron chi connectivity index (χ4n) is 1.10. The Hall–Kier alpha value is -0.870. The molecule has 0 aliphatic rings. The van der Waals surface area contributed by atoms with E-state index in [0.717, 1.165) is 18.6 Å². The Labute approximate surface area is 78.0 Å². The van der Waals surface area contributed by atoms with Crippen molar-refractivity contribution in [3.8, 4) is 0 Å². The van der Waals surface area contributed by atoms with E-state index in [1.165, 1.54) is 6.39 Å². The number of aliphatic hydroxyl groups excluding tert-OH is 1. The second-order valence-electron chi connectivity index (χ2n) is 3.12. The van der Waals surface area contributed by atoms with Gasteiger partial charge in [-0.15, -0.1) is 0 Å². The first kappa shape index (κ1) is 10.2. The van der Waals surface area contributed by atoms with Gasteiger partial charge in [0, 0.05) is 12.6 Å². The molecule has 0 aliphatic heterocycles. The van der Waals surface area contributed by atoms with Crippen molar-refractivity contribution in [3.05, 3.63) is 18.4 Å². The summed E-state index contributed by atoms with van der Waals surface area (Å²) in [7, 11) is 0. The van der Waals surface area contributed by atoms with E-state index in [2.05, 4.69) is 17.2 Å². The lowest BCUT2D eigenvalue weighted by Crippen LogP contribution is -2.25. The van der Waals surface area contributed by atoms with E-state index >= 15 is 0 Å². The normalized spacial score (nSPS) is 13.1. The van der Waals surface area contributed by atoms with Crippen molar-refractivity contribution in [3.63, 3.8) is 0 Å². The summed E-state index contributed by atoms with van der Waals surface area (Å²) in [5, 5.41) is 11.9. The third-order valence-corrected chi connectivity index (χ3v) is 1.90. The SMILES string of the molecule is CC(CCCO)NCc1cnco1. The molecule has 1 unspecified atom stereocenters. The van der Waals surface area contributed by atoms with Crippen LogP contribution in [0.3, 0.4) is 0 Å². The van der Waals surface area contributed by atoms with Crippen LogP contribution in [0.2, 0.25) is 0 Å². The minimum absolute atomic E-state index is 0.258. The van der Waals surface area contributed by atoms with Crippen LogP contribution in [0.15, 0.2) is 17.0 Å². The van der Waals surface area contributed by atoms with Crippen LogP contribution in [-0.4, -0.2) is 22.7 Å². The Bertz CT molecular complexity index is 211. The third kappa shape index (κ3) is 4.05. The van der Waals surface area contributed by atoms with Crippen molar-refractivity contribution in [2.45, 2.75) is 32.4 Å². The van der Waals surface area contributed by atoms with Crippen LogP contribution in [0, 0.1) is 0 Å². The molecule has 0 bridgehead atoms. The maximum atomic E-state index is 8.61. The van der Waals surface area contributed by atoms with Crippen molar-refractivity contribution < 1.29 is 9.52 Å². The number of hydrogen-bond donors (Lipinski definition) is 2. The van der Waals surface area contributed by atoms with E-state index in [4.69, 9.17) is 9.52 Å². The average molecular weight is 184 g/mol. The third-order valence-electron chi connectivity index (χ3n) is 1.90. The number of aromatic nitrogens is 1. The standard InChI is InChI=1S/C9H16N2O2/c1-8(3-2-4-12)11-6-9-5-10-7-13-9/h5,7-8,11-12H,2-4,6H2,1H3. The largest absolute Gasteiger partial charge is 0.447 e. The lowest BCUT2D eigenvalue weighted by Gasteiger charge is -2.10. The second kappa shape index (κ2) is 5.72. The highest BCUT2D eigenvalue weighted by molar-refractivity contribution is 4.87. The van der Waals surface area contributed by atoms with Gasteiger partial charge in [0.25, 0.3) is 0 Å². The van der Waals surface area contributed by atoms with Crippen molar-refractivity contribution >= 4 is 0 Å². The molecule has 0 aliphatic carbocycles. The fraction of sp³-hybridized carbons (Fsp3) is 0.667. The smallest absolute Gasteiger partial charge is 0.180 e. The van der Waals surface area contributed by atoms with E-state index in [1.54, 1.807) is 6.20 Å². The van der Waals surface area contributed by atoms with Gasteiger partial charge in [-0.3, -0.25) is 0 Å². The Kier molecular flexibility index (Phi) is 4.49. The Morgan fingerprint density at radius 2 is 2.54 bits per heavy atom. The lowest BCUT2D eigenvalue weighted by molar-refractivity contribution is 0.275. The van der Waals surface area contributed by atoms with Crippen molar-refractivity contribution in [2.24, 2.45) is 0 Å².